The van der Waals surface area contributed by atoms with Gasteiger partial charge in [0.2, 0.25) is 5.91 Å². The van der Waals surface area contributed by atoms with Crippen LogP contribution in [0.1, 0.15) is 44.4 Å². The maximum atomic E-state index is 12.2. The van der Waals surface area contributed by atoms with Gasteiger partial charge in [0.15, 0.2) is 8.32 Å². The minimum Gasteiger partial charge on any atom is -0.413 e. The van der Waals surface area contributed by atoms with Crippen LogP contribution in [0.25, 0.3) is 11.1 Å². The van der Waals surface area contributed by atoms with Crippen molar-refractivity contribution in [3.63, 3.8) is 0 Å². The smallest absolute Gasteiger partial charge is 0.224 e. The summed E-state index contributed by atoms with van der Waals surface area (Å²) in [6, 6.07) is 12.6. The molecule has 0 aromatic heterocycles. The molecule has 0 unspecified atom stereocenters. The Labute approximate surface area is 164 Å². The Morgan fingerprint density at radius 3 is 2.41 bits per heavy atom. The Kier molecular flexibility index (Phi) is 5.08. The van der Waals surface area contributed by atoms with Crippen LogP contribution in [0.4, 0.5) is 5.69 Å². The molecule has 0 radical (unpaired) electrons. The van der Waals surface area contributed by atoms with E-state index < -0.39 is 8.32 Å². The highest BCUT2D eigenvalue weighted by Crippen LogP contribution is 2.42. The molecule has 0 saturated heterocycles. The van der Waals surface area contributed by atoms with Crippen molar-refractivity contribution in [2.24, 2.45) is 0 Å². The molecule has 0 atom stereocenters. The van der Waals surface area contributed by atoms with Crippen molar-refractivity contribution in [2.75, 3.05) is 4.90 Å². The van der Waals surface area contributed by atoms with Crippen LogP contribution in [0.5, 0.6) is 0 Å². The maximum absolute atomic E-state index is 12.2. The van der Waals surface area contributed by atoms with Gasteiger partial charge in [-0.2, -0.15) is 0 Å². The monoisotopic (exact) mass is 381 g/mol. The number of benzene rings is 2. The maximum Gasteiger partial charge on any atom is 0.224 e. The lowest BCUT2D eigenvalue weighted by Crippen LogP contribution is -2.40. The van der Waals surface area contributed by atoms with Crippen molar-refractivity contribution in [3.05, 3.63) is 53.1 Å². The summed E-state index contributed by atoms with van der Waals surface area (Å²) in [6.45, 7) is 16.4. The second kappa shape index (κ2) is 6.92. The molecule has 1 aliphatic rings. The van der Waals surface area contributed by atoms with Gasteiger partial charge in [-0.3, -0.25) is 4.79 Å². The van der Waals surface area contributed by atoms with Crippen LogP contribution in [-0.4, -0.2) is 14.2 Å². The predicted molar refractivity (Wildman–Crippen MR) is 115 cm³/mol. The quantitative estimate of drug-likeness (QED) is 0.606. The molecule has 144 valence electrons. The second-order valence-electron chi connectivity index (χ2n) is 9.05. The fraction of sp³-hybridized carbons (Fsp3) is 0.435. The summed E-state index contributed by atoms with van der Waals surface area (Å²) in [7, 11) is -1.80. The Bertz CT molecular complexity index is 880. The summed E-state index contributed by atoms with van der Waals surface area (Å²) in [5, 5.41) is 0.194. The number of rotatable bonds is 3. The largest absolute Gasteiger partial charge is 0.413 e. The summed E-state index contributed by atoms with van der Waals surface area (Å²) >= 11 is 0. The summed E-state index contributed by atoms with van der Waals surface area (Å²) < 4.78 is 6.45. The van der Waals surface area contributed by atoms with Gasteiger partial charge >= 0.3 is 0 Å². The fourth-order valence-corrected chi connectivity index (χ4v) is 4.30. The lowest BCUT2D eigenvalue weighted by Gasteiger charge is -2.37. The highest BCUT2D eigenvalue weighted by Gasteiger charge is 2.37. The molecule has 2 aromatic rings. The zero-order chi connectivity index (χ0) is 20.0. The van der Waals surface area contributed by atoms with Crippen molar-refractivity contribution >= 4 is 19.9 Å². The van der Waals surface area contributed by atoms with Crippen LogP contribution in [0, 0.1) is 6.92 Å². The average molecular weight is 382 g/mol. The molecule has 4 heteroatoms. The third-order valence-corrected chi connectivity index (χ3v) is 10.8. The molecule has 0 N–H and O–H groups in total. The van der Waals surface area contributed by atoms with Crippen molar-refractivity contribution in [1.29, 1.82) is 0 Å². The van der Waals surface area contributed by atoms with Crippen LogP contribution in [0.2, 0.25) is 18.1 Å². The minimum absolute atomic E-state index is 0.0791. The number of carbonyl (C=O) groups is 1. The van der Waals surface area contributed by atoms with E-state index in [1.165, 1.54) is 22.3 Å². The van der Waals surface area contributed by atoms with E-state index in [2.05, 4.69) is 59.0 Å². The molecule has 27 heavy (non-hydrogen) atoms. The van der Waals surface area contributed by atoms with Crippen molar-refractivity contribution in [2.45, 2.75) is 65.9 Å². The van der Waals surface area contributed by atoms with E-state index in [0.717, 1.165) is 11.3 Å². The first-order chi connectivity index (χ1) is 12.5. The van der Waals surface area contributed by atoms with E-state index in [1.54, 1.807) is 6.92 Å². The summed E-state index contributed by atoms with van der Waals surface area (Å²) in [6.07, 6.45) is 0. The SMILES string of the molecule is CC(=O)N1Cc2c(ccc(CO[Si](C)(C)C(C)(C)C)c2C)-c2ccccc21. The molecule has 3 nitrogen and oxygen atoms in total. The normalized spacial score (nSPS) is 14.0. The van der Waals surface area contributed by atoms with Gasteiger partial charge in [0.25, 0.3) is 0 Å². The Balaban J connectivity index is 1.98. The number of para-hydroxylation sites is 1. The molecule has 0 spiro atoms. The van der Waals surface area contributed by atoms with Crippen LogP contribution in [-0.2, 0) is 22.4 Å². The van der Waals surface area contributed by atoms with Gasteiger partial charge in [-0.25, -0.2) is 0 Å². The van der Waals surface area contributed by atoms with E-state index in [0.29, 0.717) is 13.2 Å². The van der Waals surface area contributed by atoms with Crippen molar-refractivity contribution < 1.29 is 9.22 Å². The van der Waals surface area contributed by atoms with Crippen LogP contribution < -0.4 is 4.90 Å². The topological polar surface area (TPSA) is 29.5 Å². The number of hydrogen-bond donors (Lipinski definition) is 0. The first kappa shape index (κ1) is 19.8. The Hall–Kier alpha value is -1.91. The first-order valence-electron chi connectivity index (χ1n) is 9.66. The molecule has 1 heterocycles. The molecule has 0 saturated carbocycles. The summed E-state index contributed by atoms with van der Waals surface area (Å²) in [5.74, 6) is 0.0791. The molecule has 0 aliphatic carbocycles. The Morgan fingerprint density at radius 1 is 1.11 bits per heavy atom. The van der Waals surface area contributed by atoms with Gasteiger partial charge < -0.3 is 9.33 Å². The molecule has 1 amide bonds. The molecule has 0 fully saturated rings. The van der Waals surface area contributed by atoms with E-state index >= 15 is 0 Å². The van der Waals surface area contributed by atoms with Crippen LogP contribution in [0.15, 0.2) is 36.4 Å². The first-order valence-corrected chi connectivity index (χ1v) is 12.6. The molecule has 1 aliphatic heterocycles. The third-order valence-electron chi connectivity index (χ3n) is 6.29. The highest BCUT2D eigenvalue weighted by atomic mass is 28.4. The van der Waals surface area contributed by atoms with Crippen LogP contribution >= 0.6 is 0 Å². The minimum atomic E-state index is -1.80. The lowest BCUT2D eigenvalue weighted by atomic mass is 9.88. The number of nitrogens with zero attached hydrogens (tertiary/aromatic N) is 1. The van der Waals surface area contributed by atoms with E-state index in [-0.39, 0.29) is 10.9 Å². The number of fused-ring (bicyclic) bond motifs is 3. The van der Waals surface area contributed by atoms with E-state index in [1.807, 2.05) is 23.1 Å². The van der Waals surface area contributed by atoms with Gasteiger partial charge in [-0.1, -0.05) is 51.1 Å². The average Bonchev–Trinajstić information content (AvgIpc) is 2.59. The molecular formula is C23H31NO2Si. The van der Waals surface area contributed by atoms with Crippen molar-refractivity contribution in [3.8, 4) is 11.1 Å². The van der Waals surface area contributed by atoms with Gasteiger partial charge in [-0.05, 0) is 53.4 Å². The zero-order valence-electron chi connectivity index (χ0n) is 17.6. The standard InChI is InChI=1S/C23H31NO2Si/c1-16-18(15-26-27(6,7)23(3,4)5)12-13-19-20-10-8-9-11-22(20)24(17(2)25)14-21(16)19/h8-13H,14-15H2,1-7H3. The van der Waals surface area contributed by atoms with Gasteiger partial charge in [0, 0.05) is 12.5 Å². The number of anilines is 1. The van der Waals surface area contributed by atoms with Crippen molar-refractivity contribution in [1.82, 2.24) is 0 Å². The van der Waals surface area contributed by atoms with Crippen LogP contribution in [0.3, 0.4) is 0 Å². The van der Waals surface area contributed by atoms with Gasteiger partial charge in [-0.15, -0.1) is 0 Å². The summed E-state index contributed by atoms with van der Waals surface area (Å²) in [5.41, 5.74) is 7.07. The molecule has 0 bridgehead atoms. The summed E-state index contributed by atoms with van der Waals surface area (Å²) in [4.78, 5) is 14.1. The Morgan fingerprint density at radius 2 is 1.78 bits per heavy atom. The molecule has 3 rings (SSSR count). The third kappa shape index (κ3) is 3.61. The fourth-order valence-electron chi connectivity index (χ4n) is 3.35. The number of carbonyl (C=O) groups excluding carboxylic acids is 1. The van der Waals surface area contributed by atoms with Gasteiger partial charge in [0.1, 0.15) is 0 Å². The van der Waals surface area contributed by atoms with Gasteiger partial charge in [0.05, 0.1) is 18.8 Å². The molecule has 2 aromatic carbocycles. The predicted octanol–water partition coefficient (Wildman–Crippen LogP) is 6.05. The number of hydrogen-bond acceptors (Lipinski definition) is 2. The highest BCUT2D eigenvalue weighted by molar-refractivity contribution is 6.74. The van der Waals surface area contributed by atoms with E-state index in [9.17, 15) is 4.79 Å². The zero-order valence-corrected chi connectivity index (χ0v) is 18.6. The number of amides is 1. The molecular weight excluding hydrogens is 350 g/mol. The van der Waals surface area contributed by atoms with E-state index in [4.69, 9.17) is 4.43 Å². The second-order valence-corrected chi connectivity index (χ2v) is 13.9. The lowest BCUT2D eigenvalue weighted by molar-refractivity contribution is -0.116.